The van der Waals surface area contributed by atoms with E-state index >= 15 is 0 Å². The van der Waals surface area contributed by atoms with Crippen molar-refractivity contribution >= 4 is 17.4 Å². The molecule has 0 aliphatic heterocycles. The van der Waals surface area contributed by atoms with Gasteiger partial charge in [0.1, 0.15) is 17.3 Å². The molecule has 0 spiro atoms. The Morgan fingerprint density at radius 3 is 2.58 bits per heavy atom. The highest BCUT2D eigenvalue weighted by Gasteiger charge is 2.30. The van der Waals surface area contributed by atoms with Gasteiger partial charge < -0.3 is 10.6 Å². The first-order valence-corrected chi connectivity index (χ1v) is 8.42. The van der Waals surface area contributed by atoms with Crippen LogP contribution in [0.25, 0.3) is 0 Å². The molecule has 3 rings (SSSR count). The lowest BCUT2D eigenvalue weighted by molar-refractivity contribution is -0.137. The number of nitrogens with one attached hydrogen (secondary N) is 2. The number of aryl methyl sites for hydroxylation is 1. The van der Waals surface area contributed by atoms with Crippen LogP contribution in [-0.2, 0) is 6.18 Å². The molecule has 0 saturated heterocycles. The standard InChI is InChI=1S/C18H19F3N4O/c1-11-22-15(17(26)25-13-6-2-3-7-13)10-16(23-11)24-14-8-4-5-12(9-14)18(19,20)21/h4-5,8-10,13H,2-3,6-7H2,1H3,(H,25,26)(H,22,23,24). The summed E-state index contributed by atoms with van der Waals surface area (Å²) >= 11 is 0. The number of rotatable bonds is 4. The molecular weight excluding hydrogens is 345 g/mol. The number of anilines is 2. The number of halogens is 3. The highest BCUT2D eigenvalue weighted by Crippen LogP contribution is 2.31. The van der Waals surface area contributed by atoms with Gasteiger partial charge in [0.2, 0.25) is 0 Å². The van der Waals surface area contributed by atoms with E-state index in [2.05, 4.69) is 20.6 Å². The minimum absolute atomic E-state index is 0.151. The van der Waals surface area contributed by atoms with Gasteiger partial charge in [0.15, 0.2) is 0 Å². The van der Waals surface area contributed by atoms with Gasteiger partial charge >= 0.3 is 6.18 Å². The summed E-state index contributed by atoms with van der Waals surface area (Å²) in [4.78, 5) is 20.6. The summed E-state index contributed by atoms with van der Waals surface area (Å²) in [5.74, 6) is 0.335. The first-order chi connectivity index (χ1) is 12.3. The quantitative estimate of drug-likeness (QED) is 0.852. The molecule has 1 heterocycles. The lowest BCUT2D eigenvalue weighted by atomic mass is 10.2. The fourth-order valence-electron chi connectivity index (χ4n) is 3.00. The number of nitrogens with zero attached hydrogens (tertiary/aromatic N) is 2. The molecule has 1 fully saturated rings. The normalized spacial score (nSPS) is 15.1. The van der Waals surface area contributed by atoms with Crippen molar-refractivity contribution in [1.29, 1.82) is 0 Å². The maximum Gasteiger partial charge on any atom is 0.416 e. The van der Waals surface area contributed by atoms with Crippen LogP contribution in [0.5, 0.6) is 0 Å². The van der Waals surface area contributed by atoms with Crippen LogP contribution in [0.3, 0.4) is 0 Å². The van der Waals surface area contributed by atoms with E-state index in [4.69, 9.17) is 0 Å². The lowest BCUT2D eigenvalue weighted by Gasteiger charge is -2.13. The van der Waals surface area contributed by atoms with Gasteiger partial charge in [0.25, 0.3) is 5.91 Å². The molecule has 1 aliphatic rings. The zero-order valence-corrected chi connectivity index (χ0v) is 14.2. The predicted molar refractivity (Wildman–Crippen MR) is 91.2 cm³/mol. The Hall–Kier alpha value is -2.64. The van der Waals surface area contributed by atoms with Crippen LogP contribution in [0.4, 0.5) is 24.7 Å². The van der Waals surface area contributed by atoms with Crippen molar-refractivity contribution in [3.63, 3.8) is 0 Å². The second-order valence-corrected chi connectivity index (χ2v) is 6.34. The largest absolute Gasteiger partial charge is 0.416 e. The van der Waals surface area contributed by atoms with E-state index in [1.807, 2.05) is 0 Å². The minimum Gasteiger partial charge on any atom is -0.348 e. The number of carbonyl (C=O) groups excluding carboxylic acids is 1. The number of carbonyl (C=O) groups is 1. The maximum atomic E-state index is 12.8. The average molecular weight is 364 g/mol. The highest BCUT2D eigenvalue weighted by atomic mass is 19.4. The molecule has 0 radical (unpaired) electrons. The third-order valence-electron chi connectivity index (χ3n) is 4.22. The van der Waals surface area contributed by atoms with Crippen LogP contribution in [0.2, 0.25) is 0 Å². The lowest BCUT2D eigenvalue weighted by Crippen LogP contribution is -2.33. The first kappa shape index (κ1) is 18.2. The molecule has 1 aromatic carbocycles. The van der Waals surface area contributed by atoms with Gasteiger partial charge in [-0.2, -0.15) is 13.2 Å². The molecule has 0 unspecified atom stereocenters. The Morgan fingerprint density at radius 1 is 1.15 bits per heavy atom. The summed E-state index contributed by atoms with van der Waals surface area (Å²) in [7, 11) is 0. The smallest absolute Gasteiger partial charge is 0.348 e. The monoisotopic (exact) mass is 364 g/mol. The molecule has 5 nitrogen and oxygen atoms in total. The van der Waals surface area contributed by atoms with Gasteiger partial charge in [0, 0.05) is 17.8 Å². The molecule has 1 aromatic heterocycles. The van der Waals surface area contributed by atoms with Crippen LogP contribution in [0.1, 0.15) is 47.6 Å². The fourth-order valence-corrected chi connectivity index (χ4v) is 3.00. The van der Waals surface area contributed by atoms with Crippen molar-refractivity contribution in [2.24, 2.45) is 0 Å². The van der Waals surface area contributed by atoms with Crippen LogP contribution in [-0.4, -0.2) is 21.9 Å². The molecule has 26 heavy (non-hydrogen) atoms. The molecule has 1 amide bonds. The van der Waals surface area contributed by atoms with Gasteiger partial charge in [-0.15, -0.1) is 0 Å². The van der Waals surface area contributed by atoms with Crippen molar-refractivity contribution in [2.75, 3.05) is 5.32 Å². The van der Waals surface area contributed by atoms with E-state index in [0.29, 0.717) is 5.82 Å². The number of benzene rings is 1. The van der Waals surface area contributed by atoms with Gasteiger partial charge in [-0.05, 0) is 38.0 Å². The van der Waals surface area contributed by atoms with Crippen LogP contribution in [0.15, 0.2) is 30.3 Å². The Morgan fingerprint density at radius 2 is 1.88 bits per heavy atom. The minimum atomic E-state index is -4.42. The number of aromatic nitrogens is 2. The van der Waals surface area contributed by atoms with Crippen LogP contribution in [0, 0.1) is 6.92 Å². The SMILES string of the molecule is Cc1nc(Nc2cccc(C(F)(F)F)c2)cc(C(=O)NC2CCCC2)n1. The van der Waals surface area contributed by atoms with Crippen molar-refractivity contribution < 1.29 is 18.0 Å². The van der Waals surface area contributed by atoms with E-state index in [0.717, 1.165) is 37.8 Å². The third-order valence-corrected chi connectivity index (χ3v) is 4.22. The molecular formula is C18H19F3N4O. The number of alkyl halides is 3. The summed E-state index contributed by atoms with van der Waals surface area (Å²) in [6, 6.07) is 6.40. The Kier molecular flexibility index (Phi) is 5.11. The maximum absolute atomic E-state index is 12.8. The predicted octanol–water partition coefficient (Wildman–Crippen LogP) is 4.22. The molecule has 138 valence electrons. The highest BCUT2D eigenvalue weighted by molar-refractivity contribution is 5.93. The number of hydrogen-bond acceptors (Lipinski definition) is 4. The molecule has 1 aliphatic carbocycles. The number of hydrogen-bond donors (Lipinski definition) is 2. The summed E-state index contributed by atoms with van der Waals surface area (Å²) in [6.07, 6.45) is -0.339. The number of amides is 1. The zero-order chi connectivity index (χ0) is 18.7. The van der Waals surface area contributed by atoms with E-state index < -0.39 is 11.7 Å². The molecule has 2 N–H and O–H groups in total. The summed E-state index contributed by atoms with van der Waals surface area (Å²) in [6.45, 7) is 1.63. The zero-order valence-electron chi connectivity index (χ0n) is 14.2. The first-order valence-electron chi connectivity index (χ1n) is 8.42. The topological polar surface area (TPSA) is 66.9 Å². The van der Waals surface area contributed by atoms with E-state index in [1.165, 1.54) is 18.2 Å². The average Bonchev–Trinajstić information content (AvgIpc) is 3.06. The van der Waals surface area contributed by atoms with Crippen molar-refractivity contribution in [1.82, 2.24) is 15.3 Å². The summed E-state index contributed by atoms with van der Waals surface area (Å²) in [5, 5.41) is 5.75. The van der Waals surface area contributed by atoms with E-state index in [9.17, 15) is 18.0 Å². The molecule has 0 bridgehead atoms. The Balaban J connectivity index is 1.78. The van der Waals surface area contributed by atoms with Crippen LogP contribution < -0.4 is 10.6 Å². The van der Waals surface area contributed by atoms with Gasteiger partial charge in [0.05, 0.1) is 5.56 Å². The second kappa shape index (κ2) is 7.31. The molecule has 0 atom stereocenters. The summed E-state index contributed by atoms with van der Waals surface area (Å²) in [5.41, 5.74) is -0.327. The van der Waals surface area contributed by atoms with E-state index in [1.54, 1.807) is 6.92 Å². The van der Waals surface area contributed by atoms with Gasteiger partial charge in [-0.1, -0.05) is 18.9 Å². The molecule has 2 aromatic rings. The van der Waals surface area contributed by atoms with Gasteiger partial charge in [-0.25, -0.2) is 9.97 Å². The van der Waals surface area contributed by atoms with Crippen molar-refractivity contribution in [2.45, 2.75) is 44.8 Å². The van der Waals surface area contributed by atoms with Gasteiger partial charge in [-0.3, -0.25) is 4.79 Å². The molecule has 1 saturated carbocycles. The Bertz CT molecular complexity index is 801. The third kappa shape index (κ3) is 4.50. The van der Waals surface area contributed by atoms with Crippen molar-refractivity contribution in [3.05, 3.63) is 47.4 Å². The van der Waals surface area contributed by atoms with Crippen molar-refractivity contribution in [3.8, 4) is 0 Å². The molecule has 8 heteroatoms. The Labute approximate surface area is 149 Å². The fraction of sp³-hybridized carbons (Fsp3) is 0.389. The van der Waals surface area contributed by atoms with E-state index in [-0.39, 0.29) is 29.1 Å². The summed E-state index contributed by atoms with van der Waals surface area (Å²) < 4.78 is 38.5. The van der Waals surface area contributed by atoms with Crippen LogP contribution >= 0.6 is 0 Å². The second-order valence-electron chi connectivity index (χ2n) is 6.34.